The van der Waals surface area contributed by atoms with Crippen molar-refractivity contribution in [1.82, 2.24) is 10.2 Å². The van der Waals surface area contributed by atoms with Crippen molar-refractivity contribution in [3.8, 4) is 0 Å². The fourth-order valence-electron chi connectivity index (χ4n) is 4.11. The first-order chi connectivity index (χ1) is 19.5. The molecular formula is C24H28ClF5N5O6P. The van der Waals surface area contributed by atoms with Crippen LogP contribution >= 0.6 is 19.4 Å². The number of piperazine rings is 1. The number of primary amides is 1. The number of hydrogen-bond acceptors (Lipinski definition) is 7. The third-order valence-corrected chi connectivity index (χ3v) is 7.05. The van der Waals surface area contributed by atoms with E-state index < -0.39 is 68.6 Å². The minimum absolute atomic E-state index is 0.142. The summed E-state index contributed by atoms with van der Waals surface area (Å²) in [6.07, 6.45) is -5.20. The highest BCUT2D eigenvalue weighted by molar-refractivity contribution is 7.46. The molecule has 6 N–H and O–H groups in total. The predicted molar refractivity (Wildman–Crippen MR) is 143 cm³/mol. The number of benzene rings is 2. The second-order valence-electron chi connectivity index (χ2n) is 9.33. The van der Waals surface area contributed by atoms with Gasteiger partial charge < -0.3 is 25.7 Å². The number of hydrogen-bond donors (Lipinski definition) is 5. The van der Waals surface area contributed by atoms with E-state index in [0.717, 1.165) is 12.1 Å². The lowest BCUT2D eigenvalue weighted by Gasteiger charge is -2.37. The van der Waals surface area contributed by atoms with Crippen LogP contribution in [0.5, 0.6) is 0 Å². The molecule has 0 radical (unpaired) electrons. The van der Waals surface area contributed by atoms with Crippen LogP contribution < -0.4 is 21.3 Å². The van der Waals surface area contributed by atoms with Gasteiger partial charge in [0.25, 0.3) is 5.91 Å². The van der Waals surface area contributed by atoms with Crippen molar-refractivity contribution in [1.29, 1.82) is 0 Å². The number of carbonyl (C=O) groups is 2. The number of nitrogens with one attached hydrogen (secondary N) is 2. The Kier molecular flexibility index (Phi) is 11.3. The number of halogens is 6. The van der Waals surface area contributed by atoms with Crippen molar-refractivity contribution in [3.63, 3.8) is 0 Å². The Bertz CT molecular complexity index is 1340. The first-order valence-corrected chi connectivity index (χ1v) is 14.3. The monoisotopic (exact) mass is 643 g/mol. The Labute approximate surface area is 242 Å². The third kappa shape index (κ3) is 9.87. The van der Waals surface area contributed by atoms with Crippen molar-refractivity contribution in [2.24, 2.45) is 5.73 Å². The van der Waals surface area contributed by atoms with E-state index in [1.54, 1.807) is 11.0 Å². The van der Waals surface area contributed by atoms with E-state index in [1.165, 1.54) is 12.1 Å². The number of alkyl halides is 3. The number of nitrogens with zero attached hydrogens (tertiary/aromatic N) is 2. The summed E-state index contributed by atoms with van der Waals surface area (Å²) in [7, 11) is -4.92. The molecule has 0 bridgehead atoms. The maximum absolute atomic E-state index is 14.9. The lowest BCUT2D eigenvalue weighted by Crippen LogP contribution is -2.47. The summed E-state index contributed by atoms with van der Waals surface area (Å²) in [5, 5.41) is 5.24. The maximum Gasteiger partial charge on any atom is 0.469 e. The molecule has 1 aliphatic rings. The van der Waals surface area contributed by atoms with E-state index in [4.69, 9.17) is 27.1 Å². The van der Waals surface area contributed by atoms with Crippen LogP contribution in [0.4, 0.5) is 33.3 Å². The van der Waals surface area contributed by atoms with Gasteiger partial charge >= 0.3 is 14.0 Å². The summed E-state index contributed by atoms with van der Waals surface area (Å²) in [6.45, 7) is -0.165. The van der Waals surface area contributed by atoms with Crippen molar-refractivity contribution in [3.05, 3.63) is 58.1 Å². The fourth-order valence-corrected chi connectivity index (χ4v) is 4.62. The molecule has 1 atom stereocenters. The Hall–Kier alpha value is -2.85. The molecule has 0 spiro atoms. The molecule has 1 aliphatic heterocycles. The van der Waals surface area contributed by atoms with Gasteiger partial charge in [0.2, 0.25) is 5.91 Å². The molecule has 42 heavy (non-hydrogen) atoms. The average Bonchev–Trinajstić information content (AvgIpc) is 2.89. The molecule has 11 nitrogen and oxygen atoms in total. The van der Waals surface area contributed by atoms with Gasteiger partial charge in [0.05, 0.1) is 30.0 Å². The second kappa shape index (κ2) is 14.1. The zero-order chi connectivity index (χ0) is 31.2. The largest absolute Gasteiger partial charge is 0.469 e. The fraction of sp³-hybridized carbons (Fsp3) is 0.417. The maximum atomic E-state index is 14.9. The quantitative estimate of drug-likeness (QED) is 0.173. The highest BCUT2D eigenvalue weighted by Gasteiger charge is 2.29. The standard InChI is InChI=1S/C24H28ClF5N5O6P/c25-15-2-4-17(19(11-15)35-9-7-34(8-10-35)6-5-24(28,29)30)33-23(37)16-3-1-14(20(26)21(16)27)12-32-18(22(31)36)13-41-42(38,39)40/h1-4,11,18,32H,5-10,12-13H2,(H2,31,36)(H,33,37)(H2,38,39,40)/t18-/m1/s1. The molecule has 0 saturated carbocycles. The summed E-state index contributed by atoms with van der Waals surface area (Å²) in [4.78, 5) is 45.5. The molecule has 2 amide bonds. The van der Waals surface area contributed by atoms with Crippen molar-refractivity contribution >= 4 is 42.6 Å². The summed E-state index contributed by atoms with van der Waals surface area (Å²) in [6, 6.07) is 5.10. The number of rotatable bonds is 12. The highest BCUT2D eigenvalue weighted by Crippen LogP contribution is 2.35. The van der Waals surface area contributed by atoms with Crippen LogP contribution in [-0.4, -0.2) is 78.0 Å². The molecule has 0 aromatic heterocycles. The van der Waals surface area contributed by atoms with Gasteiger partial charge in [0.1, 0.15) is 6.04 Å². The van der Waals surface area contributed by atoms with E-state index in [2.05, 4.69) is 15.2 Å². The number of nitrogens with two attached hydrogens (primary N) is 1. The van der Waals surface area contributed by atoms with Crippen LogP contribution in [0.3, 0.4) is 0 Å². The Morgan fingerprint density at radius 2 is 1.76 bits per heavy atom. The molecule has 2 aromatic carbocycles. The first-order valence-electron chi connectivity index (χ1n) is 12.4. The Morgan fingerprint density at radius 3 is 2.36 bits per heavy atom. The van der Waals surface area contributed by atoms with Crippen LogP contribution in [0.25, 0.3) is 0 Å². The van der Waals surface area contributed by atoms with E-state index >= 15 is 0 Å². The molecular weight excluding hydrogens is 616 g/mol. The van der Waals surface area contributed by atoms with Crippen molar-refractivity contribution in [2.45, 2.75) is 25.2 Å². The zero-order valence-electron chi connectivity index (χ0n) is 21.8. The van der Waals surface area contributed by atoms with Gasteiger partial charge in [0, 0.05) is 49.9 Å². The molecule has 0 aliphatic carbocycles. The Balaban J connectivity index is 1.69. The summed E-state index contributed by atoms with van der Waals surface area (Å²) in [5.41, 5.74) is 4.83. The van der Waals surface area contributed by atoms with Gasteiger partial charge in [0.15, 0.2) is 11.6 Å². The van der Waals surface area contributed by atoms with Gasteiger partial charge in [-0.3, -0.25) is 24.3 Å². The lowest BCUT2D eigenvalue weighted by atomic mass is 10.1. The van der Waals surface area contributed by atoms with Crippen LogP contribution in [0.1, 0.15) is 22.3 Å². The third-order valence-electron chi connectivity index (χ3n) is 6.33. The molecule has 3 rings (SSSR count). The molecule has 0 unspecified atom stereocenters. The molecule has 2 aromatic rings. The number of amides is 2. The summed E-state index contributed by atoms with van der Waals surface area (Å²) >= 11 is 6.13. The van der Waals surface area contributed by atoms with Crippen molar-refractivity contribution in [2.75, 3.05) is 49.5 Å². The smallest absolute Gasteiger partial charge is 0.368 e. The summed E-state index contributed by atoms with van der Waals surface area (Å²) < 4.78 is 82.5. The van der Waals surface area contributed by atoms with E-state index in [9.17, 15) is 36.1 Å². The van der Waals surface area contributed by atoms with Gasteiger partial charge in [-0.1, -0.05) is 17.7 Å². The van der Waals surface area contributed by atoms with Crippen LogP contribution in [0.2, 0.25) is 5.02 Å². The van der Waals surface area contributed by atoms with E-state index in [-0.39, 0.29) is 17.8 Å². The number of phosphoric ester groups is 1. The minimum atomic E-state index is -4.92. The van der Waals surface area contributed by atoms with Gasteiger partial charge in [-0.25, -0.2) is 13.3 Å². The highest BCUT2D eigenvalue weighted by atomic mass is 35.5. The zero-order valence-corrected chi connectivity index (χ0v) is 23.5. The van der Waals surface area contributed by atoms with E-state index in [1.807, 2.05) is 4.90 Å². The van der Waals surface area contributed by atoms with Gasteiger partial charge in [-0.05, 0) is 24.3 Å². The predicted octanol–water partition coefficient (Wildman–Crippen LogP) is 3.00. The minimum Gasteiger partial charge on any atom is -0.368 e. The molecule has 1 heterocycles. The van der Waals surface area contributed by atoms with Crippen LogP contribution in [-0.2, 0) is 20.4 Å². The SMILES string of the molecule is NC(=O)[C@@H](COP(=O)(O)O)NCc1ccc(C(=O)Nc2ccc(Cl)cc2N2CCN(CCC(F)(F)F)CC2)c(F)c1F. The second-order valence-corrected chi connectivity index (χ2v) is 11.0. The van der Waals surface area contributed by atoms with Crippen LogP contribution in [0, 0.1) is 11.6 Å². The van der Waals surface area contributed by atoms with Crippen molar-refractivity contribution < 1.29 is 50.4 Å². The first kappa shape index (κ1) is 33.6. The molecule has 1 saturated heterocycles. The number of phosphoric acid groups is 1. The number of anilines is 2. The van der Waals surface area contributed by atoms with Crippen LogP contribution in [0.15, 0.2) is 30.3 Å². The normalized spacial score (nSPS) is 15.5. The van der Waals surface area contributed by atoms with Gasteiger partial charge in [-0.2, -0.15) is 13.2 Å². The lowest BCUT2D eigenvalue weighted by molar-refractivity contribution is -0.138. The summed E-state index contributed by atoms with van der Waals surface area (Å²) in [5.74, 6) is -4.98. The van der Waals surface area contributed by atoms with E-state index in [0.29, 0.717) is 36.9 Å². The molecule has 232 valence electrons. The Morgan fingerprint density at radius 1 is 1.10 bits per heavy atom. The topological polar surface area (TPSA) is 157 Å². The number of carbonyl (C=O) groups excluding carboxylic acids is 2. The average molecular weight is 644 g/mol. The molecule has 18 heteroatoms. The van der Waals surface area contributed by atoms with Gasteiger partial charge in [-0.15, -0.1) is 0 Å². The molecule has 1 fully saturated rings.